The first kappa shape index (κ1) is 17.9. The molecule has 3 rings (SSSR count). The zero-order valence-electron chi connectivity index (χ0n) is 11.9. The summed E-state index contributed by atoms with van der Waals surface area (Å²) in [6, 6.07) is 4.00. The second-order valence-corrected chi connectivity index (χ2v) is 8.23. The van der Waals surface area contributed by atoms with Crippen LogP contribution in [-0.2, 0) is 0 Å². The van der Waals surface area contributed by atoms with E-state index in [0.29, 0.717) is 5.13 Å². The van der Waals surface area contributed by atoms with Crippen molar-refractivity contribution in [3.8, 4) is 10.6 Å². The summed E-state index contributed by atoms with van der Waals surface area (Å²) in [7, 11) is 0. The van der Waals surface area contributed by atoms with E-state index in [-0.39, 0.29) is 25.9 Å². The number of hydrogen-bond donors (Lipinski definition) is 1. The molecule has 3 aromatic heterocycles. The number of anilines is 1. The predicted molar refractivity (Wildman–Crippen MR) is 102 cm³/mol. The quantitative estimate of drug-likeness (QED) is 0.478. The van der Waals surface area contributed by atoms with Gasteiger partial charge in [0.1, 0.15) is 5.15 Å². The van der Waals surface area contributed by atoms with Crippen molar-refractivity contribution in [2.45, 2.75) is 6.92 Å². The molecule has 1 N–H and O–H groups in total. The summed E-state index contributed by atoms with van der Waals surface area (Å²) in [6.07, 6.45) is 0. The highest BCUT2D eigenvalue weighted by atomic mass is 35.5. The average molecular weight is 439 g/mol. The first-order chi connectivity index (χ1) is 11.4. The van der Waals surface area contributed by atoms with Crippen LogP contribution < -0.4 is 5.32 Å². The number of hydrogen-bond acceptors (Lipinski definition) is 5. The molecule has 3 heterocycles. The molecule has 10 heteroatoms. The van der Waals surface area contributed by atoms with Gasteiger partial charge in [0.15, 0.2) is 10.8 Å². The third-order valence-corrected chi connectivity index (χ3v) is 6.38. The molecular formula is C14H7Cl4N3OS2. The number of thiophene rings is 1. The van der Waals surface area contributed by atoms with Crippen LogP contribution >= 0.6 is 69.1 Å². The summed E-state index contributed by atoms with van der Waals surface area (Å²) in [5.41, 5.74) is 0.680. The molecule has 0 unspecified atom stereocenters. The second kappa shape index (κ2) is 7.15. The fraction of sp³-hybridized carbons (Fsp3) is 0.0714. The number of carbonyl (C=O) groups is 1. The monoisotopic (exact) mass is 437 g/mol. The molecule has 24 heavy (non-hydrogen) atoms. The number of aromatic nitrogens is 2. The molecule has 4 nitrogen and oxygen atoms in total. The van der Waals surface area contributed by atoms with Gasteiger partial charge in [-0.2, -0.15) is 0 Å². The summed E-state index contributed by atoms with van der Waals surface area (Å²) in [6.45, 7) is 2.02. The lowest BCUT2D eigenvalue weighted by Gasteiger charge is -2.07. The van der Waals surface area contributed by atoms with E-state index in [4.69, 9.17) is 46.4 Å². The van der Waals surface area contributed by atoms with Crippen molar-refractivity contribution in [1.29, 1.82) is 0 Å². The SMILES string of the molecule is Cc1ccc(-c2csc(NC(=O)c3nc(Cl)c(Cl)c(Cl)c3Cl)n2)s1. The fourth-order valence-corrected chi connectivity index (χ4v) is 4.23. The van der Waals surface area contributed by atoms with Crippen molar-refractivity contribution >= 4 is 80.1 Å². The van der Waals surface area contributed by atoms with Crippen LogP contribution in [0.1, 0.15) is 15.4 Å². The highest BCUT2D eigenvalue weighted by Crippen LogP contribution is 2.36. The zero-order chi connectivity index (χ0) is 17.4. The molecule has 124 valence electrons. The molecule has 1 amide bonds. The maximum absolute atomic E-state index is 12.4. The van der Waals surface area contributed by atoms with Crippen LogP contribution in [0, 0.1) is 6.92 Å². The number of pyridine rings is 1. The third kappa shape index (κ3) is 3.54. The first-order valence-corrected chi connectivity index (χ1v) is 9.61. The van der Waals surface area contributed by atoms with Crippen LogP contribution in [-0.4, -0.2) is 15.9 Å². The third-order valence-electron chi connectivity index (χ3n) is 2.92. The van der Waals surface area contributed by atoms with Gasteiger partial charge in [-0.1, -0.05) is 46.4 Å². The minimum atomic E-state index is -0.566. The molecule has 3 aromatic rings. The standard InChI is InChI=1S/C14H7Cl4N3OS2/c1-5-2-3-7(24-5)6-4-23-14(19-6)21-13(22)11-9(16)8(15)10(17)12(18)20-11/h2-4H,1H3,(H,19,21,22). The van der Waals surface area contributed by atoms with Crippen LogP contribution in [0.4, 0.5) is 5.13 Å². The average Bonchev–Trinajstić information content (AvgIpc) is 3.17. The molecular weight excluding hydrogens is 432 g/mol. The van der Waals surface area contributed by atoms with Crippen LogP contribution in [0.3, 0.4) is 0 Å². The maximum atomic E-state index is 12.4. The van der Waals surface area contributed by atoms with E-state index < -0.39 is 5.91 Å². The number of halogens is 4. The lowest BCUT2D eigenvalue weighted by molar-refractivity contribution is 0.102. The highest BCUT2D eigenvalue weighted by Gasteiger charge is 2.21. The summed E-state index contributed by atoms with van der Waals surface area (Å²) >= 11 is 26.6. The lowest BCUT2D eigenvalue weighted by atomic mass is 10.3. The Morgan fingerprint density at radius 3 is 2.50 bits per heavy atom. The van der Waals surface area contributed by atoms with Gasteiger partial charge in [-0.05, 0) is 19.1 Å². The Bertz CT molecular complexity index is 938. The highest BCUT2D eigenvalue weighted by molar-refractivity contribution is 7.17. The van der Waals surface area contributed by atoms with Crippen molar-refractivity contribution < 1.29 is 4.79 Å². The van der Waals surface area contributed by atoms with Gasteiger partial charge < -0.3 is 0 Å². The van der Waals surface area contributed by atoms with Crippen molar-refractivity contribution in [2.24, 2.45) is 0 Å². The Labute approximate surface area is 165 Å². The summed E-state index contributed by atoms with van der Waals surface area (Å²) in [5.74, 6) is -0.566. The van der Waals surface area contributed by atoms with Gasteiger partial charge in [-0.15, -0.1) is 22.7 Å². The number of aryl methyl sites for hydroxylation is 1. The largest absolute Gasteiger partial charge is 0.296 e. The number of carbonyl (C=O) groups excluding carboxylic acids is 1. The number of nitrogens with zero attached hydrogens (tertiary/aromatic N) is 2. The maximum Gasteiger partial charge on any atom is 0.277 e. The molecule has 0 aliphatic heterocycles. The Hall–Kier alpha value is -0.890. The molecule has 0 fully saturated rings. The minimum absolute atomic E-state index is 0.00415. The predicted octanol–water partition coefficient (Wildman–Crippen LogP) is 6.44. The van der Waals surface area contributed by atoms with Gasteiger partial charge in [-0.3, -0.25) is 10.1 Å². The van der Waals surface area contributed by atoms with E-state index in [2.05, 4.69) is 15.3 Å². The molecule has 0 spiro atoms. The van der Waals surface area contributed by atoms with Gasteiger partial charge in [0.25, 0.3) is 5.91 Å². The minimum Gasteiger partial charge on any atom is -0.296 e. The molecule has 0 bridgehead atoms. The van der Waals surface area contributed by atoms with Gasteiger partial charge in [-0.25, -0.2) is 9.97 Å². The van der Waals surface area contributed by atoms with E-state index in [1.165, 1.54) is 16.2 Å². The summed E-state index contributed by atoms with van der Waals surface area (Å²) in [5, 5.41) is 4.75. The van der Waals surface area contributed by atoms with E-state index in [9.17, 15) is 4.79 Å². The molecule has 0 aromatic carbocycles. The smallest absolute Gasteiger partial charge is 0.277 e. The molecule has 0 radical (unpaired) electrons. The number of rotatable bonds is 3. The van der Waals surface area contributed by atoms with E-state index in [0.717, 1.165) is 10.6 Å². The normalized spacial score (nSPS) is 10.9. The van der Waals surface area contributed by atoms with Gasteiger partial charge in [0.2, 0.25) is 0 Å². The van der Waals surface area contributed by atoms with Gasteiger partial charge >= 0.3 is 0 Å². The molecule has 0 saturated carbocycles. The fourth-order valence-electron chi connectivity index (χ4n) is 1.81. The Morgan fingerprint density at radius 2 is 1.83 bits per heavy atom. The van der Waals surface area contributed by atoms with Gasteiger partial charge in [0, 0.05) is 10.3 Å². The molecule has 0 aliphatic rings. The van der Waals surface area contributed by atoms with Crippen molar-refractivity contribution in [1.82, 2.24) is 9.97 Å². The Balaban J connectivity index is 1.85. The summed E-state index contributed by atoms with van der Waals surface area (Å²) in [4.78, 5) is 22.8. The van der Waals surface area contributed by atoms with E-state index in [1.807, 2.05) is 24.4 Å². The van der Waals surface area contributed by atoms with E-state index >= 15 is 0 Å². The number of nitrogens with one attached hydrogen (secondary N) is 1. The first-order valence-electron chi connectivity index (χ1n) is 6.40. The molecule has 0 atom stereocenters. The van der Waals surface area contributed by atoms with E-state index in [1.54, 1.807) is 11.3 Å². The van der Waals surface area contributed by atoms with Crippen LogP contribution in [0.15, 0.2) is 17.5 Å². The molecule has 0 saturated heterocycles. The Morgan fingerprint density at radius 1 is 1.08 bits per heavy atom. The van der Waals surface area contributed by atoms with Crippen molar-refractivity contribution in [3.63, 3.8) is 0 Å². The number of thiazole rings is 1. The molecule has 0 aliphatic carbocycles. The Kier molecular flexibility index (Phi) is 5.34. The number of amides is 1. The lowest BCUT2D eigenvalue weighted by Crippen LogP contribution is -2.14. The van der Waals surface area contributed by atoms with Crippen molar-refractivity contribution in [2.75, 3.05) is 5.32 Å². The topological polar surface area (TPSA) is 54.9 Å². The van der Waals surface area contributed by atoms with Crippen LogP contribution in [0.25, 0.3) is 10.6 Å². The summed E-state index contributed by atoms with van der Waals surface area (Å²) < 4.78 is 0. The second-order valence-electron chi connectivity index (χ2n) is 4.60. The van der Waals surface area contributed by atoms with Crippen molar-refractivity contribution in [3.05, 3.63) is 48.3 Å². The van der Waals surface area contributed by atoms with Gasteiger partial charge in [0.05, 0.1) is 25.6 Å². The van der Waals surface area contributed by atoms with Crippen LogP contribution in [0.5, 0.6) is 0 Å². The van der Waals surface area contributed by atoms with Crippen LogP contribution in [0.2, 0.25) is 20.2 Å². The zero-order valence-corrected chi connectivity index (χ0v) is 16.5.